The minimum absolute atomic E-state index is 0.249. The third-order valence-corrected chi connectivity index (χ3v) is 16.0. The van der Waals surface area contributed by atoms with Gasteiger partial charge in [-0.1, -0.05) is 59.7 Å². The molecule has 5 nitrogen and oxygen atoms in total. The van der Waals surface area contributed by atoms with Crippen LogP contribution >= 0.6 is 42.1 Å². The summed E-state index contributed by atoms with van der Waals surface area (Å²) in [6.45, 7) is 5.62. The Hall–Kier alpha value is 0.854. The molecular weight excluding hydrogens is 481 g/mol. The van der Waals surface area contributed by atoms with Gasteiger partial charge in [-0.25, -0.2) is 0 Å². The molecule has 29 heavy (non-hydrogen) atoms. The van der Waals surface area contributed by atoms with Crippen LogP contribution in [0.15, 0.2) is 30.3 Å². The van der Waals surface area contributed by atoms with Crippen LogP contribution in [-0.4, -0.2) is 57.5 Å². The van der Waals surface area contributed by atoms with Crippen LogP contribution in [0.1, 0.15) is 38.2 Å². The van der Waals surface area contributed by atoms with Gasteiger partial charge in [-0.3, -0.25) is 0 Å². The van der Waals surface area contributed by atoms with E-state index in [0.29, 0.717) is 19.1 Å². The molecule has 11 heteroatoms. The van der Waals surface area contributed by atoms with Gasteiger partial charge in [0.15, 0.2) is 0 Å². The van der Waals surface area contributed by atoms with E-state index in [1.54, 1.807) is 41.9 Å². The van der Waals surface area contributed by atoms with Crippen molar-refractivity contribution in [3.63, 3.8) is 0 Å². The van der Waals surface area contributed by atoms with E-state index in [9.17, 15) is 0 Å². The number of hydrogen-bond acceptors (Lipinski definition) is 9. The van der Waals surface area contributed by atoms with Gasteiger partial charge in [0.2, 0.25) is 0 Å². The van der Waals surface area contributed by atoms with E-state index >= 15 is 0 Å². The molecule has 0 aliphatic carbocycles. The van der Waals surface area contributed by atoms with Gasteiger partial charge in [-0.15, -0.1) is 0 Å². The van der Waals surface area contributed by atoms with Crippen LogP contribution in [0.2, 0.25) is 6.04 Å². The lowest BCUT2D eigenvalue weighted by Gasteiger charge is -2.28. The van der Waals surface area contributed by atoms with E-state index in [2.05, 4.69) is 42.9 Å². The molecule has 0 radical (unpaired) electrons. The summed E-state index contributed by atoms with van der Waals surface area (Å²) in [6, 6.07) is 11.3. The minimum Gasteiger partial charge on any atom is -0.396 e. The van der Waals surface area contributed by atoms with Gasteiger partial charge in [-0.05, 0) is 50.9 Å². The van der Waals surface area contributed by atoms with Crippen LogP contribution in [0, 0.1) is 0 Å². The Bertz CT molecular complexity index is 520. The molecule has 0 amide bonds. The fourth-order valence-electron chi connectivity index (χ4n) is 2.91. The zero-order valence-corrected chi connectivity index (χ0v) is 23.4. The average Bonchev–Trinajstić information content (AvgIpc) is 2.77. The Morgan fingerprint density at radius 1 is 1.03 bits per heavy atom. The zero-order valence-electron chi connectivity index (χ0n) is 17.9. The molecular formula is C18H34O5S4Si2. The lowest BCUT2D eigenvalue weighted by atomic mass is 9.99. The molecule has 3 unspecified atom stereocenters. The summed E-state index contributed by atoms with van der Waals surface area (Å²) < 4.78 is 29.2. The van der Waals surface area contributed by atoms with Crippen molar-refractivity contribution in [3.05, 3.63) is 35.9 Å². The maximum atomic E-state index is 6.34. The summed E-state index contributed by atoms with van der Waals surface area (Å²) in [5.41, 5.74) is 1.34. The highest BCUT2D eigenvalue weighted by Gasteiger charge is 2.40. The Morgan fingerprint density at radius 2 is 1.69 bits per heavy atom. The Balaban J connectivity index is 2.68. The summed E-state index contributed by atoms with van der Waals surface area (Å²) >= 11 is 4.26. The van der Waals surface area contributed by atoms with E-state index in [4.69, 9.17) is 22.1 Å². The number of thiol groups is 1. The predicted octanol–water partition coefficient (Wildman–Crippen LogP) is 5.50. The lowest BCUT2D eigenvalue weighted by molar-refractivity contribution is 0.123. The third kappa shape index (κ3) is 10.3. The maximum Gasteiger partial charge on any atom is 0.500 e. The quantitative estimate of drug-likeness (QED) is 0.166. The van der Waals surface area contributed by atoms with E-state index in [0.717, 1.165) is 18.9 Å². The zero-order chi connectivity index (χ0) is 21.5. The van der Waals surface area contributed by atoms with E-state index in [-0.39, 0.29) is 4.87 Å². The molecule has 0 aliphatic rings. The van der Waals surface area contributed by atoms with Gasteiger partial charge < -0.3 is 22.1 Å². The van der Waals surface area contributed by atoms with Crippen molar-refractivity contribution in [2.24, 2.45) is 0 Å². The van der Waals surface area contributed by atoms with Crippen LogP contribution in [0.4, 0.5) is 0 Å². The Kier molecular flexibility index (Phi) is 15.8. The van der Waals surface area contributed by atoms with Crippen molar-refractivity contribution < 1.29 is 22.1 Å². The molecule has 3 atom stereocenters. The molecule has 168 valence electrons. The predicted molar refractivity (Wildman–Crippen MR) is 136 cm³/mol. The number of hydrogen-bond donors (Lipinski definition) is 1. The van der Waals surface area contributed by atoms with Crippen LogP contribution in [0.3, 0.4) is 0 Å². The van der Waals surface area contributed by atoms with Crippen LogP contribution in [-0.2, 0) is 22.1 Å². The van der Waals surface area contributed by atoms with Gasteiger partial charge in [0.25, 0.3) is 0 Å². The van der Waals surface area contributed by atoms with Crippen LogP contribution in [0.25, 0.3) is 0 Å². The molecule has 0 saturated heterocycles. The highest BCUT2D eigenvalue weighted by atomic mass is 33.7. The SMILES string of the molecule is CCO[SiH](OCCC(C)c1ccccc1)C(CC[Si](OC)(OC)OC)SSSS. The van der Waals surface area contributed by atoms with E-state index in [1.165, 1.54) is 15.4 Å². The third-order valence-electron chi connectivity index (χ3n) is 4.70. The number of benzene rings is 1. The minimum atomic E-state index is -2.62. The maximum absolute atomic E-state index is 6.34. The second kappa shape index (κ2) is 16.5. The van der Waals surface area contributed by atoms with Gasteiger partial charge in [0.05, 0.1) is 4.87 Å². The molecule has 0 bridgehead atoms. The van der Waals surface area contributed by atoms with Crippen molar-refractivity contribution in [3.8, 4) is 0 Å². The largest absolute Gasteiger partial charge is 0.500 e. The topological polar surface area (TPSA) is 46.2 Å². The summed E-state index contributed by atoms with van der Waals surface area (Å²) in [5, 5.41) is 0. The van der Waals surface area contributed by atoms with E-state index < -0.39 is 18.1 Å². The van der Waals surface area contributed by atoms with Gasteiger partial charge in [0, 0.05) is 40.6 Å². The fraction of sp³-hybridized carbons (Fsp3) is 0.667. The molecule has 0 aromatic heterocycles. The molecule has 0 saturated carbocycles. The monoisotopic (exact) mass is 514 g/mol. The number of rotatable bonds is 17. The summed E-state index contributed by atoms with van der Waals surface area (Å²) in [5.74, 6) is 0.455. The Labute approximate surface area is 195 Å². The van der Waals surface area contributed by atoms with Crippen LogP contribution < -0.4 is 0 Å². The van der Waals surface area contributed by atoms with Crippen molar-refractivity contribution in [2.75, 3.05) is 34.5 Å². The lowest BCUT2D eigenvalue weighted by Crippen LogP contribution is -2.45. The summed E-state index contributed by atoms with van der Waals surface area (Å²) in [7, 11) is 5.29. The van der Waals surface area contributed by atoms with Gasteiger partial charge in [-0.2, -0.15) is 0 Å². The van der Waals surface area contributed by atoms with Crippen molar-refractivity contribution >= 4 is 60.2 Å². The first-order valence-corrected chi connectivity index (χ1v) is 17.8. The second-order valence-corrected chi connectivity index (χ2v) is 17.3. The van der Waals surface area contributed by atoms with Gasteiger partial charge >= 0.3 is 18.1 Å². The second-order valence-electron chi connectivity index (χ2n) is 6.41. The molecule has 1 aromatic rings. The first-order chi connectivity index (χ1) is 14.1. The smallest absolute Gasteiger partial charge is 0.396 e. The molecule has 1 aromatic carbocycles. The highest BCUT2D eigenvalue weighted by Crippen LogP contribution is 2.42. The first-order valence-electron chi connectivity index (χ1n) is 9.62. The molecule has 0 N–H and O–H groups in total. The first kappa shape index (κ1) is 27.9. The molecule has 1 rings (SSSR count). The van der Waals surface area contributed by atoms with Gasteiger partial charge in [0.1, 0.15) is 0 Å². The standard InChI is InChI=1S/C18H34O5S4Si2/c1-6-22-28(23-14-12-16(2)17-10-8-7-9-11-17)18(25-27-26-24)13-15-29(19-3,20-4)21-5/h7-11,16,18,24,28H,6,12-15H2,1-5H3. The summed E-state index contributed by atoms with van der Waals surface area (Å²) in [4.78, 5) is 0.249. The summed E-state index contributed by atoms with van der Waals surface area (Å²) in [6.07, 6.45) is 1.83. The van der Waals surface area contributed by atoms with Crippen molar-refractivity contribution in [1.82, 2.24) is 0 Å². The normalized spacial score (nSPS) is 15.2. The molecule has 0 fully saturated rings. The van der Waals surface area contributed by atoms with Crippen molar-refractivity contribution in [2.45, 2.75) is 43.5 Å². The van der Waals surface area contributed by atoms with Crippen molar-refractivity contribution in [1.29, 1.82) is 0 Å². The van der Waals surface area contributed by atoms with Crippen LogP contribution in [0.5, 0.6) is 0 Å². The molecule has 0 aliphatic heterocycles. The fourth-order valence-corrected chi connectivity index (χ4v) is 13.0. The average molecular weight is 515 g/mol. The highest BCUT2D eigenvalue weighted by molar-refractivity contribution is 9.24. The Morgan fingerprint density at radius 3 is 2.24 bits per heavy atom. The van der Waals surface area contributed by atoms with E-state index in [1.807, 2.05) is 13.0 Å². The molecule has 0 heterocycles. The molecule has 0 spiro atoms.